The van der Waals surface area contributed by atoms with Crippen molar-refractivity contribution in [1.29, 1.82) is 0 Å². The fourth-order valence-corrected chi connectivity index (χ4v) is 4.31. The van der Waals surface area contributed by atoms with Gasteiger partial charge in [0, 0.05) is 35.6 Å². The molecule has 0 radical (unpaired) electrons. The number of rotatable bonds is 5. The van der Waals surface area contributed by atoms with Gasteiger partial charge in [0.05, 0.1) is 0 Å². The Morgan fingerprint density at radius 2 is 1.41 bits per heavy atom. The molecule has 0 saturated carbocycles. The molecule has 2 aromatic carbocycles. The molecule has 6 nitrogen and oxygen atoms in total. The lowest BCUT2D eigenvalue weighted by atomic mass is 9.89. The van der Waals surface area contributed by atoms with Gasteiger partial charge in [0.15, 0.2) is 0 Å². The van der Waals surface area contributed by atoms with Crippen LogP contribution in [0.1, 0.15) is 32.1 Å². The van der Waals surface area contributed by atoms with Crippen molar-refractivity contribution in [2.45, 2.75) is 44.2 Å². The number of carbonyl (C=O) groups excluding carboxylic acids is 2. The molecule has 2 aromatic rings. The standard InChI is InChI=1S/C22H26N4O2.ClH/c27-21(13-15-11-19-9-10-20(12-15)23-19)24-17-7-4-8-18(14-17)26-22(28)25-16-5-2-1-3-6-16;/h1-8,14-15,19-20,23H,9-13H2,(H,24,27)(H2,25,26,28);1H. The van der Waals surface area contributed by atoms with E-state index < -0.39 is 0 Å². The highest BCUT2D eigenvalue weighted by molar-refractivity contribution is 6.00. The summed E-state index contributed by atoms with van der Waals surface area (Å²) < 4.78 is 0. The minimum absolute atomic E-state index is 0. The van der Waals surface area contributed by atoms with Crippen LogP contribution in [0.4, 0.5) is 21.9 Å². The third-order valence-electron chi connectivity index (χ3n) is 5.48. The van der Waals surface area contributed by atoms with Crippen LogP contribution in [0.15, 0.2) is 54.6 Å². The third kappa shape index (κ3) is 5.95. The van der Waals surface area contributed by atoms with E-state index >= 15 is 0 Å². The quantitative estimate of drug-likeness (QED) is 0.576. The zero-order chi connectivity index (χ0) is 19.3. The van der Waals surface area contributed by atoms with Gasteiger partial charge in [-0.2, -0.15) is 0 Å². The Hall–Kier alpha value is -2.57. The predicted octanol–water partition coefficient (Wildman–Crippen LogP) is 4.61. The number of para-hydroxylation sites is 1. The van der Waals surface area contributed by atoms with Crippen LogP contribution in [0.5, 0.6) is 0 Å². The molecule has 2 fully saturated rings. The maximum atomic E-state index is 12.5. The summed E-state index contributed by atoms with van der Waals surface area (Å²) in [7, 11) is 0. The first kappa shape index (κ1) is 21.1. The van der Waals surface area contributed by atoms with Crippen LogP contribution in [-0.2, 0) is 4.79 Å². The van der Waals surface area contributed by atoms with Gasteiger partial charge in [0.2, 0.25) is 5.91 Å². The van der Waals surface area contributed by atoms with Gasteiger partial charge in [0.25, 0.3) is 0 Å². The second-order valence-electron chi connectivity index (χ2n) is 7.75. The van der Waals surface area contributed by atoms with Gasteiger partial charge < -0.3 is 21.3 Å². The summed E-state index contributed by atoms with van der Waals surface area (Å²) in [5.74, 6) is 0.494. The minimum Gasteiger partial charge on any atom is -0.326 e. The van der Waals surface area contributed by atoms with Gasteiger partial charge in [-0.25, -0.2) is 4.79 Å². The number of hydrogen-bond donors (Lipinski definition) is 4. The number of carbonyl (C=O) groups is 2. The first-order valence-corrected chi connectivity index (χ1v) is 9.93. The Kier molecular flexibility index (Phi) is 7.12. The van der Waals surface area contributed by atoms with Crippen molar-refractivity contribution in [3.05, 3.63) is 54.6 Å². The van der Waals surface area contributed by atoms with Crippen molar-refractivity contribution in [2.75, 3.05) is 16.0 Å². The number of piperidine rings is 1. The predicted molar refractivity (Wildman–Crippen MR) is 119 cm³/mol. The molecular weight excluding hydrogens is 388 g/mol. The molecule has 2 aliphatic rings. The maximum absolute atomic E-state index is 12.5. The van der Waals surface area contributed by atoms with Crippen LogP contribution < -0.4 is 21.3 Å². The van der Waals surface area contributed by atoms with Crippen LogP contribution in [0, 0.1) is 5.92 Å². The van der Waals surface area contributed by atoms with Gasteiger partial charge in [0.1, 0.15) is 0 Å². The highest BCUT2D eigenvalue weighted by Gasteiger charge is 2.34. The molecule has 2 bridgehead atoms. The lowest BCUT2D eigenvalue weighted by Crippen LogP contribution is -2.39. The second kappa shape index (κ2) is 9.76. The maximum Gasteiger partial charge on any atom is 0.323 e. The molecule has 2 aliphatic heterocycles. The van der Waals surface area contributed by atoms with Gasteiger partial charge in [-0.05, 0) is 61.9 Å². The molecule has 3 amide bonds. The van der Waals surface area contributed by atoms with Crippen molar-refractivity contribution < 1.29 is 9.59 Å². The van der Waals surface area contributed by atoms with Crippen LogP contribution >= 0.6 is 12.4 Å². The van der Waals surface area contributed by atoms with Crippen molar-refractivity contribution in [2.24, 2.45) is 5.92 Å². The van der Waals surface area contributed by atoms with E-state index in [-0.39, 0.29) is 24.3 Å². The van der Waals surface area contributed by atoms with Crippen LogP contribution in [0.25, 0.3) is 0 Å². The summed E-state index contributed by atoms with van der Waals surface area (Å²) in [5.41, 5.74) is 2.05. The topological polar surface area (TPSA) is 82.3 Å². The molecule has 0 spiro atoms. The first-order valence-electron chi connectivity index (χ1n) is 9.93. The number of fused-ring (bicyclic) bond motifs is 2. The van der Waals surface area contributed by atoms with Gasteiger partial charge in [-0.1, -0.05) is 24.3 Å². The summed E-state index contributed by atoms with van der Waals surface area (Å²) in [6.45, 7) is 0. The minimum atomic E-state index is -0.320. The molecule has 154 valence electrons. The van der Waals surface area contributed by atoms with Crippen LogP contribution in [-0.4, -0.2) is 24.0 Å². The summed E-state index contributed by atoms with van der Waals surface area (Å²) in [6.07, 6.45) is 5.21. The molecule has 29 heavy (non-hydrogen) atoms. The third-order valence-corrected chi connectivity index (χ3v) is 5.48. The Morgan fingerprint density at radius 1 is 0.828 bits per heavy atom. The fourth-order valence-electron chi connectivity index (χ4n) is 4.31. The SMILES string of the molecule is Cl.O=C(CC1CC2CCC(C1)N2)Nc1cccc(NC(=O)Nc2ccccc2)c1. The zero-order valence-corrected chi connectivity index (χ0v) is 17.0. The fraction of sp³-hybridized carbons (Fsp3) is 0.364. The Morgan fingerprint density at radius 3 is 2.10 bits per heavy atom. The Balaban J connectivity index is 0.00000240. The number of nitrogens with one attached hydrogen (secondary N) is 4. The molecule has 2 unspecified atom stereocenters. The van der Waals surface area contributed by atoms with Gasteiger partial charge >= 0.3 is 6.03 Å². The normalized spacial score (nSPS) is 22.3. The molecule has 7 heteroatoms. The molecular formula is C22H27ClN4O2. The zero-order valence-electron chi connectivity index (χ0n) is 16.2. The van der Waals surface area contributed by atoms with E-state index in [4.69, 9.17) is 0 Å². The average Bonchev–Trinajstić information content (AvgIpc) is 3.01. The first-order chi connectivity index (χ1) is 13.6. The number of urea groups is 1. The Bertz CT molecular complexity index is 834. The highest BCUT2D eigenvalue weighted by atomic mass is 35.5. The number of amides is 3. The van der Waals surface area contributed by atoms with Crippen LogP contribution in [0.3, 0.4) is 0 Å². The van der Waals surface area contributed by atoms with E-state index in [0.29, 0.717) is 35.8 Å². The second-order valence-corrected chi connectivity index (χ2v) is 7.75. The monoisotopic (exact) mass is 414 g/mol. The van der Waals surface area contributed by atoms with Crippen molar-refractivity contribution >= 4 is 41.4 Å². The molecule has 2 atom stereocenters. The number of anilines is 3. The van der Waals surface area contributed by atoms with Gasteiger partial charge in [-0.3, -0.25) is 4.79 Å². The number of halogens is 1. The van der Waals surface area contributed by atoms with E-state index in [2.05, 4.69) is 21.3 Å². The molecule has 4 N–H and O–H groups in total. The van der Waals surface area contributed by atoms with Crippen LogP contribution in [0.2, 0.25) is 0 Å². The molecule has 0 aliphatic carbocycles. The highest BCUT2D eigenvalue weighted by Crippen LogP contribution is 2.32. The van der Waals surface area contributed by atoms with E-state index in [1.165, 1.54) is 12.8 Å². The summed E-state index contributed by atoms with van der Waals surface area (Å²) in [5, 5.41) is 12.2. The average molecular weight is 415 g/mol. The summed E-state index contributed by atoms with van der Waals surface area (Å²) in [4.78, 5) is 24.6. The lowest BCUT2D eigenvalue weighted by Gasteiger charge is -2.28. The number of hydrogen-bond acceptors (Lipinski definition) is 3. The summed E-state index contributed by atoms with van der Waals surface area (Å²) in [6, 6.07) is 17.3. The number of benzene rings is 2. The van der Waals surface area contributed by atoms with Crippen molar-refractivity contribution in [3.63, 3.8) is 0 Å². The largest absolute Gasteiger partial charge is 0.326 e. The molecule has 2 saturated heterocycles. The Labute approximate surface area is 177 Å². The van der Waals surface area contributed by atoms with Gasteiger partial charge in [-0.15, -0.1) is 12.4 Å². The van der Waals surface area contributed by atoms with Crippen molar-refractivity contribution in [1.82, 2.24) is 5.32 Å². The summed E-state index contributed by atoms with van der Waals surface area (Å²) >= 11 is 0. The lowest BCUT2D eigenvalue weighted by molar-refractivity contribution is -0.117. The van der Waals surface area contributed by atoms with E-state index in [9.17, 15) is 9.59 Å². The molecule has 4 rings (SSSR count). The van der Waals surface area contributed by atoms with E-state index in [1.54, 1.807) is 12.1 Å². The van der Waals surface area contributed by atoms with Crippen molar-refractivity contribution in [3.8, 4) is 0 Å². The molecule has 2 heterocycles. The smallest absolute Gasteiger partial charge is 0.323 e. The molecule has 0 aromatic heterocycles. The van der Waals surface area contributed by atoms with E-state index in [1.807, 2.05) is 42.5 Å². The van der Waals surface area contributed by atoms with E-state index in [0.717, 1.165) is 18.5 Å².